The first-order valence-electron chi connectivity index (χ1n) is 8.52. The number of nitrogens with two attached hydrogens (primary N) is 1. The lowest BCUT2D eigenvalue weighted by molar-refractivity contribution is 0.614. The number of nitrogens with one attached hydrogen (secondary N) is 1. The molecule has 3 heterocycles. The molecule has 0 spiro atoms. The molecule has 1 aliphatic carbocycles. The summed E-state index contributed by atoms with van der Waals surface area (Å²) in [5, 5.41) is 7.29. The molecule has 3 N–H and O–H groups in total. The van der Waals surface area contributed by atoms with Crippen molar-refractivity contribution in [3.05, 3.63) is 48.0 Å². The first kappa shape index (κ1) is 15.7. The molecule has 7 heteroatoms. The molecule has 0 saturated heterocycles. The number of pyridine rings is 1. The second kappa shape index (κ2) is 6.60. The Labute approximate surface area is 146 Å². The van der Waals surface area contributed by atoms with E-state index in [9.17, 15) is 0 Å². The van der Waals surface area contributed by atoms with Gasteiger partial charge in [0.05, 0.1) is 23.3 Å². The van der Waals surface area contributed by atoms with Crippen LogP contribution >= 0.6 is 0 Å². The fraction of sp³-hybridized carbons (Fsp3) is 0.333. The summed E-state index contributed by atoms with van der Waals surface area (Å²) in [6, 6.07) is 4.09. The van der Waals surface area contributed by atoms with Crippen molar-refractivity contribution < 1.29 is 0 Å². The summed E-state index contributed by atoms with van der Waals surface area (Å²) in [6.07, 6.45) is 11.7. The van der Waals surface area contributed by atoms with Crippen LogP contribution in [0.25, 0.3) is 11.4 Å². The van der Waals surface area contributed by atoms with Crippen molar-refractivity contribution in [1.82, 2.24) is 24.7 Å². The SMILES string of the molecule is Cn1cc(Nc2nccc(-c3cc4c(cn3)C(N)CCCC4)n2)cn1. The van der Waals surface area contributed by atoms with E-state index in [0.717, 1.165) is 36.3 Å². The maximum atomic E-state index is 6.26. The number of hydrogen-bond donors (Lipinski definition) is 2. The minimum Gasteiger partial charge on any atom is -0.324 e. The first-order chi connectivity index (χ1) is 12.2. The van der Waals surface area contributed by atoms with Crippen molar-refractivity contribution >= 4 is 11.6 Å². The Morgan fingerprint density at radius 2 is 2.12 bits per heavy atom. The molecule has 4 rings (SSSR count). The van der Waals surface area contributed by atoms with E-state index in [1.54, 1.807) is 17.1 Å². The standard InChI is InChI=1S/C18H21N7/c1-25-11-13(9-22-25)23-18-20-7-6-16(24-18)17-8-12-4-2-3-5-15(19)14(12)10-21-17/h6-11,15H,2-5,19H2,1H3,(H,20,23,24). The molecular weight excluding hydrogens is 314 g/mol. The summed E-state index contributed by atoms with van der Waals surface area (Å²) in [5.74, 6) is 0.527. The zero-order chi connectivity index (χ0) is 17.2. The number of nitrogens with zero attached hydrogens (tertiary/aromatic N) is 5. The van der Waals surface area contributed by atoms with E-state index >= 15 is 0 Å². The minimum absolute atomic E-state index is 0.0901. The fourth-order valence-corrected chi connectivity index (χ4v) is 3.21. The molecule has 0 fully saturated rings. The maximum Gasteiger partial charge on any atom is 0.227 e. The molecule has 128 valence electrons. The van der Waals surface area contributed by atoms with E-state index in [-0.39, 0.29) is 6.04 Å². The monoisotopic (exact) mass is 335 g/mol. The number of fused-ring (bicyclic) bond motifs is 1. The average Bonchev–Trinajstić information content (AvgIpc) is 2.93. The zero-order valence-electron chi connectivity index (χ0n) is 14.2. The molecule has 7 nitrogen and oxygen atoms in total. The summed E-state index contributed by atoms with van der Waals surface area (Å²) < 4.78 is 1.73. The molecule has 3 aromatic rings. The molecule has 0 aliphatic heterocycles. The highest BCUT2D eigenvalue weighted by atomic mass is 15.3. The van der Waals surface area contributed by atoms with Gasteiger partial charge in [-0.1, -0.05) is 6.42 Å². The number of aromatic nitrogens is 5. The third kappa shape index (κ3) is 3.36. The van der Waals surface area contributed by atoms with Crippen LogP contribution in [0.1, 0.15) is 36.4 Å². The first-order valence-corrected chi connectivity index (χ1v) is 8.52. The highest BCUT2D eigenvalue weighted by Gasteiger charge is 2.17. The van der Waals surface area contributed by atoms with Gasteiger partial charge in [0.1, 0.15) is 0 Å². The van der Waals surface area contributed by atoms with Gasteiger partial charge in [-0.2, -0.15) is 5.10 Å². The van der Waals surface area contributed by atoms with Crippen molar-refractivity contribution in [2.45, 2.75) is 31.7 Å². The van der Waals surface area contributed by atoms with Gasteiger partial charge < -0.3 is 11.1 Å². The van der Waals surface area contributed by atoms with E-state index in [2.05, 4.69) is 31.4 Å². The van der Waals surface area contributed by atoms with Crippen LogP contribution in [0, 0.1) is 0 Å². The highest BCUT2D eigenvalue weighted by Crippen LogP contribution is 2.29. The van der Waals surface area contributed by atoms with E-state index in [4.69, 9.17) is 5.73 Å². The van der Waals surface area contributed by atoms with Crippen LogP contribution < -0.4 is 11.1 Å². The van der Waals surface area contributed by atoms with Crippen molar-refractivity contribution in [3.63, 3.8) is 0 Å². The Kier molecular flexibility index (Phi) is 4.15. The van der Waals surface area contributed by atoms with Crippen LogP contribution in [0.3, 0.4) is 0 Å². The van der Waals surface area contributed by atoms with E-state index < -0.39 is 0 Å². The Morgan fingerprint density at radius 3 is 2.96 bits per heavy atom. The number of anilines is 2. The number of rotatable bonds is 3. The predicted molar refractivity (Wildman–Crippen MR) is 96.2 cm³/mol. The minimum atomic E-state index is 0.0901. The van der Waals surface area contributed by atoms with Crippen molar-refractivity contribution in [3.8, 4) is 11.4 Å². The quantitative estimate of drug-likeness (QED) is 0.715. The van der Waals surface area contributed by atoms with Crippen molar-refractivity contribution in [1.29, 1.82) is 0 Å². The smallest absolute Gasteiger partial charge is 0.227 e. The molecule has 0 aromatic carbocycles. The predicted octanol–water partition coefficient (Wildman–Crippen LogP) is 2.74. The van der Waals surface area contributed by atoms with Crippen LogP contribution in [-0.4, -0.2) is 24.7 Å². The van der Waals surface area contributed by atoms with Gasteiger partial charge in [-0.15, -0.1) is 0 Å². The Morgan fingerprint density at radius 1 is 1.20 bits per heavy atom. The summed E-state index contributed by atoms with van der Waals surface area (Å²) in [5.41, 5.74) is 11.2. The molecule has 3 aromatic heterocycles. The fourth-order valence-electron chi connectivity index (χ4n) is 3.21. The lowest BCUT2D eigenvalue weighted by Crippen LogP contribution is -2.11. The van der Waals surface area contributed by atoms with Gasteiger partial charge in [-0.25, -0.2) is 9.97 Å². The van der Waals surface area contributed by atoms with Crippen LogP contribution in [0.5, 0.6) is 0 Å². The highest BCUT2D eigenvalue weighted by molar-refractivity contribution is 5.59. The zero-order valence-corrected chi connectivity index (χ0v) is 14.2. The second-order valence-corrected chi connectivity index (χ2v) is 6.41. The van der Waals surface area contributed by atoms with Crippen LogP contribution in [0.4, 0.5) is 11.6 Å². The molecule has 0 radical (unpaired) electrons. The summed E-state index contributed by atoms with van der Waals surface area (Å²) in [4.78, 5) is 13.5. The molecule has 0 saturated carbocycles. The Hall–Kier alpha value is -2.80. The van der Waals surface area contributed by atoms with Gasteiger partial charge in [0.15, 0.2) is 0 Å². The number of hydrogen-bond acceptors (Lipinski definition) is 6. The summed E-state index contributed by atoms with van der Waals surface area (Å²) in [6.45, 7) is 0. The van der Waals surface area contributed by atoms with Gasteiger partial charge in [0, 0.05) is 31.7 Å². The molecular formula is C18H21N7. The molecule has 25 heavy (non-hydrogen) atoms. The Bertz CT molecular complexity index is 887. The van der Waals surface area contributed by atoms with Crippen molar-refractivity contribution in [2.24, 2.45) is 12.8 Å². The Balaban J connectivity index is 1.63. The van der Waals surface area contributed by atoms with Gasteiger partial charge >= 0.3 is 0 Å². The normalized spacial score (nSPS) is 17.0. The average molecular weight is 335 g/mol. The van der Waals surface area contributed by atoms with Crippen LogP contribution in [0.2, 0.25) is 0 Å². The number of aryl methyl sites for hydroxylation is 2. The van der Waals surface area contributed by atoms with Crippen LogP contribution in [0.15, 0.2) is 36.9 Å². The molecule has 1 unspecified atom stereocenters. The molecule has 0 bridgehead atoms. The third-order valence-corrected chi connectivity index (χ3v) is 4.51. The van der Waals surface area contributed by atoms with E-state index in [1.165, 1.54) is 17.5 Å². The van der Waals surface area contributed by atoms with Gasteiger partial charge in [-0.3, -0.25) is 9.67 Å². The largest absolute Gasteiger partial charge is 0.324 e. The van der Waals surface area contributed by atoms with E-state index in [0.29, 0.717) is 5.95 Å². The van der Waals surface area contributed by atoms with Gasteiger partial charge in [0.2, 0.25) is 5.95 Å². The molecule has 1 aliphatic rings. The third-order valence-electron chi connectivity index (χ3n) is 4.51. The summed E-state index contributed by atoms with van der Waals surface area (Å²) in [7, 11) is 1.87. The second-order valence-electron chi connectivity index (χ2n) is 6.41. The summed E-state index contributed by atoms with van der Waals surface area (Å²) >= 11 is 0. The van der Waals surface area contributed by atoms with E-state index in [1.807, 2.05) is 25.5 Å². The topological polar surface area (TPSA) is 94.5 Å². The lowest BCUT2D eigenvalue weighted by atomic mass is 10.0. The van der Waals surface area contributed by atoms with Crippen LogP contribution in [-0.2, 0) is 13.5 Å². The maximum absolute atomic E-state index is 6.26. The van der Waals surface area contributed by atoms with Crippen molar-refractivity contribution in [2.75, 3.05) is 5.32 Å². The van der Waals surface area contributed by atoms with Gasteiger partial charge in [-0.05, 0) is 42.5 Å². The molecule has 1 atom stereocenters. The lowest BCUT2D eigenvalue weighted by Gasteiger charge is -2.13. The van der Waals surface area contributed by atoms with Gasteiger partial charge in [0.25, 0.3) is 0 Å². The molecule has 0 amide bonds.